The lowest BCUT2D eigenvalue weighted by Gasteiger charge is -2.06. The largest absolute Gasteiger partial charge is 0.465 e. The molecule has 0 bridgehead atoms. The van der Waals surface area contributed by atoms with Crippen molar-refractivity contribution in [2.24, 2.45) is 0 Å². The summed E-state index contributed by atoms with van der Waals surface area (Å²) in [7, 11) is 1.66. The molecule has 0 saturated carbocycles. The van der Waals surface area contributed by atoms with Gasteiger partial charge in [0.1, 0.15) is 11.5 Å². The third-order valence-corrected chi connectivity index (χ3v) is 2.32. The van der Waals surface area contributed by atoms with Gasteiger partial charge in [0, 0.05) is 13.7 Å². The standard InChI is InChI=1S/C13H23NO4/c1-12-3-4-13(18-12)11-14-5-6-16-9-10-17-8-7-15-2/h3-4,14H,5-11H2,1-2H3. The van der Waals surface area contributed by atoms with Crippen LogP contribution in [0, 0.1) is 6.92 Å². The van der Waals surface area contributed by atoms with Crippen LogP contribution in [0.5, 0.6) is 0 Å². The second-order valence-electron chi connectivity index (χ2n) is 3.91. The Balaban J connectivity index is 1.81. The molecule has 5 heteroatoms. The molecule has 5 nitrogen and oxygen atoms in total. The third-order valence-electron chi connectivity index (χ3n) is 2.32. The minimum absolute atomic E-state index is 0.612. The van der Waals surface area contributed by atoms with Crippen LogP contribution in [0.4, 0.5) is 0 Å². The SMILES string of the molecule is COCCOCCOCCNCc1ccc(C)o1. The van der Waals surface area contributed by atoms with E-state index < -0.39 is 0 Å². The van der Waals surface area contributed by atoms with E-state index in [1.54, 1.807) is 7.11 Å². The summed E-state index contributed by atoms with van der Waals surface area (Å²) in [4.78, 5) is 0. The first-order chi connectivity index (χ1) is 8.83. The van der Waals surface area contributed by atoms with Gasteiger partial charge in [-0.3, -0.25) is 0 Å². The Morgan fingerprint density at radius 1 is 1.06 bits per heavy atom. The van der Waals surface area contributed by atoms with Crippen LogP contribution < -0.4 is 5.32 Å². The molecule has 0 saturated heterocycles. The van der Waals surface area contributed by atoms with E-state index in [2.05, 4.69) is 5.32 Å². The number of rotatable bonds is 11. The Morgan fingerprint density at radius 2 is 1.78 bits per heavy atom. The molecule has 1 N–H and O–H groups in total. The lowest BCUT2D eigenvalue weighted by Crippen LogP contribution is -2.20. The van der Waals surface area contributed by atoms with Crippen LogP contribution in [0.3, 0.4) is 0 Å². The van der Waals surface area contributed by atoms with E-state index in [9.17, 15) is 0 Å². The van der Waals surface area contributed by atoms with Crippen molar-refractivity contribution in [3.8, 4) is 0 Å². The maximum absolute atomic E-state index is 5.43. The Labute approximate surface area is 108 Å². The quantitative estimate of drug-likeness (QED) is 0.607. The predicted molar refractivity (Wildman–Crippen MR) is 68.7 cm³/mol. The average Bonchev–Trinajstić information content (AvgIpc) is 2.77. The molecule has 18 heavy (non-hydrogen) atoms. The minimum atomic E-state index is 0.612. The molecule has 1 aromatic rings. The molecule has 0 aliphatic carbocycles. The van der Waals surface area contributed by atoms with E-state index >= 15 is 0 Å². The molecule has 0 radical (unpaired) electrons. The van der Waals surface area contributed by atoms with Crippen molar-refractivity contribution in [2.45, 2.75) is 13.5 Å². The van der Waals surface area contributed by atoms with Crippen molar-refractivity contribution in [3.05, 3.63) is 23.7 Å². The number of methoxy groups -OCH3 is 1. The molecule has 0 fully saturated rings. The van der Waals surface area contributed by atoms with Crippen LogP contribution in [0.25, 0.3) is 0 Å². The van der Waals surface area contributed by atoms with E-state index in [1.807, 2.05) is 19.1 Å². The summed E-state index contributed by atoms with van der Waals surface area (Å²) in [6, 6.07) is 3.94. The maximum atomic E-state index is 5.43. The molecule has 104 valence electrons. The normalized spacial score (nSPS) is 11.0. The highest BCUT2D eigenvalue weighted by molar-refractivity contribution is 5.04. The predicted octanol–water partition coefficient (Wildman–Crippen LogP) is 1.36. The van der Waals surface area contributed by atoms with Crippen molar-refractivity contribution in [3.63, 3.8) is 0 Å². The van der Waals surface area contributed by atoms with Crippen LogP contribution in [-0.4, -0.2) is 46.7 Å². The summed E-state index contributed by atoms with van der Waals surface area (Å²) in [6.07, 6.45) is 0. The fraction of sp³-hybridized carbons (Fsp3) is 0.692. The minimum Gasteiger partial charge on any atom is -0.465 e. The van der Waals surface area contributed by atoms with Crippen molar-refractivity contribution in [1.82, 2.24) is 5.32 Å². The van der Waals surface area contributed by atoms with Gasteiger partial charge in [0.2, 0.25) is 0 Å². The van der Waals surface area contributed by atoms with Gasteiger partial charge in [0.25, 0.3) is 0 Å². The molecular formula is C13H23NO4. The third kappa shape index (κ3) is 7.45. The lowest BCUT2D eigenvalue weighted by atomic mass is 10.4. The molecule has 0 aromatic carbocycles. The van der Waals surface area contributed by atoms with Crippen LogP contribution in [0.15, 0.2) is 16.5 Å². The Kier molecular flexibility index (Phi) is 8.50. The van der Waals surface area contributed by atoms with Gasteiger partial charge in [-0.2, -0.15) is 0 Å². The molecule has 0 spiro atoms. The van der Waals surface area contributed by atoms with E-state index in [-0.39, 0.29) is 0 Å². The summed E-state index contributed by atoms with van der Waals surface area (Å²) in [5.74, 6) is 1.90. The molecule has 1 heterocycles. The van der Waals surface area contributed by atoms with Crippen LogP contribution in [0.1, 0.15) is 11.5 Å². The van der Waals surface area contributed by atoms with E-state index in [4.69, 9.17) is 18.6 Å². The average molecular weight is 257 g/mol. The molecule has 0 aliphatic heterocycles. The van der Waals surface area contributed by atoms with Gasteiger partial charge >= 0.3 is 0 Å². The van der Waals surface area contributed by atoms with Gasteiger partial charge in [0.15, 0.2) is 0 Å². The topological polar surface area (TPSA) is 52.9 Å². The Bertz CT molecular complexity index is 301. The van der Waals surface area contributed by atoms with Gasteiger partial charge in [-0.1, -0.05) is 0 Å². The highest BCUT2D eigenvalue weighted by Crippen LogP contribution is 2.04. The van der Waals surface area contributed by atoms with E-state index in [0.717, 1.165) is 24.6 Å². The molecular weight excluding hydrogens is 234 g/mol. The number of hydrogen-bond acceptors (Lipinski definition) is 5. The molecule has 1 rings (SSSR count). The first kappa shape index (κ1) is 15.2. The van der Waals surface area contributed by atoms with Crippen molar-refractivity contribution < 1.29 is 18.6 Å². The molecule has 0 unspecified atom stereocenters. The van der Waals surface area contributed by atoms with Gasteiger partial charge in [-0.05, 0) is 19.1 Å². The molecule has 0 atom stereocenters. The second-order valence-corrected chi connectivity index (χ2v) is 3.91. The maximum Gasteiger partial charge on any atom is 0.117 e. The van der Waals surface area contributed by atoms with Crippen LogP contribution in [0.2, 0.25) is 0 Å². The summed E-state index contributed by atoms with van der Waals surface area (Å²) >= 11 is 0. The van der Waals surface area contributed by atoms with E-state index in [1.165, 1.54) is 0 Å². The fourth-order valence-corrected chi connectivity index (χ4v) is 1.40. The Morgan fingerprint density at radius 3 is 2.44 bits per heavy atom. The fourth-order valence-electron chi connectivity index (χ4n) is 1.40. The first-order valence-electron chi connectivity index (χ1n) is 6.23. The summed E-state index contributed by atoms with van der Waals surface area (Å²) in [6.45, 7) is 6.63. The van der Waals surface area contributed by atoms with E-state index in [0.29, 0.717) is 33.0 Å². The zero-order valence-electron chi connectivity index (χ0n) is 11.2. The number of hydrogen-bond donors (Lipinski definition) is 1. The van der Waals surface area contributed by atoms with Gasteiger partial charge < -0.3 is 23.9 Å². The lowest BCUT2D eigenvalue weighted by molar-refractivity contribution is 0.0255. The van der Waals surface area contributed by atoms with Crippen molar-refractivity contribution >= 4 is 0 Å². The Hall–Kier alpha value is -0.880. The smallest absolute Gasteiger partial charge is 0.117 e. The summed E-state index contributed by atoms with van der Waals surface area (Å²) in [5, 5.41) is 3.25. The molecule has 1 aromatic heterocycles. The number of furan rings is 1. The summed E-state index contributed by atoms with van der Waals surface area (Å²) < 4.78 is 21.0. The number of ether oxygens (including phenoxy) is 3. The molecule has 0 amide bonds. The van der Waals surface area contributed by atoms with Crippen LogP contribution >= 0.6 is 0 Å². The highest BCUT2D eigenvalue weighted by Gasteiger charge is 1.97. The number of nitrogens with one attached hydrogen (secondary N) is 1. The van der Waals surface area contributed by atoms with Crippen LogP contribution in [-0.2, 0) is 20.8 Å². The first-order valence-corrected chi connectivity index (χ1v) is 6.23. The van der Waals surface area contributed by atoms with Gasteiger partial charge in [0.05, 0.1) is 39.6 Å². The zero-order chi connectivity index (χ0) is 13.1. The highest BCUT2D eigenvalue weighted by atomic mass is 16.5. The van der Waals surface area contributed by atoms with Crippen molar-refractivity contribution in [1.29, 1.82) is 0 Å². The zero-order valence-corrected chi connectivity index (χ0v) is 11.2. The number of aryl methyl sites for hydroxylation is 1. The van der Waals surface area contributed by atoms with Crippen molar-refractivity contribution in [2.75, 3.05) is 46.7 Å². The summed E-state index contributed by atoms with van der Waals surface area (Å²) in [5.41, 5.74) is 0. The molecule has 0 aliphatic rings. The van der Waals surface area contributed by atoms with Gasteiger partial charge in [-0.15, -0.1) is 0 Å². The second kappa shape index (κ2) is 10.1. The van der Waals surface area contributed by atoms with Gasteiger partial charge in [-0.25, -0.2) is 0 Å². The monoisotopic (exact) mass is 257 g/mol.